The summed E-state index contributed by atoms with van der Waals surface area (Å²) in [6, 6.07) is 8.82. The van der Waals surface area contributed by atoms with Crippen LogP contribution in [0.5, 0.6) is 5.75 Å². The molecule has 226 valence electrons. The lowest BCUT2D eigenvalue weighted by atomic mass is 10.2. The van der Waals surface area contributed by atoms with Crippen LogP contribution in [-0.4, -0.2) is 64.8 Å². The molecule has 0 aliphatic heterocycles. The maximum Gasteiger partial charge on any atom is 0.397 e. The van der Waals surface area contributed by atoms with Gasteiger partial charge >= 0.3 is 10.4 Å². The second-order valence-corrected chi connectivity index (χ2v) is 14.0. The Balaban J connectivity index is 1.88. The maximum atomic E-state index is 12.3. The maximum absolute atomic E-state index is 12.3. The predicted molar refractivity (Wildman–Crippen MR) is 143 cm³/mol. The summed E-state index contributed by atoms with van der Waals surface area (Å²) in [6.07, 6.45) is 0. The Labute approximate surface area is 238 Å². The van der Waals surface area contributed by atoms with Crippen molar-refractivity contribution in [1.29, 1.82) is 0 Å². The van der Waals surface area contributed by atoms with Gasteiger partial charge in [-0.3, -0.25) is 13.7 Å². The molecule has 6 N–H and O–H groups in total. The van der Waals surface area contributed by atoms with Gasteiger partial charge in [-0.25, -0.2) is 12.6 Å². The van der Waals surface area contributed by atoms with Crippen LogP contribution in [0.3, 0.4) is 0 Å². The quantitative estimate of drug-likeness (QED) is 0.112. The van der Waals surface area contributed by atoms with Gasteiger partial charge in [0.1, 0.15) is 27.7 Å². The molecule has 0 aromatic heterocycles. The van der Waals surface area contributed by atoms with Gasteiger partial charge in [-0.1, -0.05) is 0 Å². The lowest BCUT2D eigenvalue weighted by molar-refractivity contribution is 0.284. The molecule has 0 spiro atoms. The molecule has 0 atom stereocenters. The number of hydrogen-bond acceptors (Lipinski definition) is 15. The molecule has 0 amide bonds. The molecule has 3 aromatic rings. The number of nitrogen functional groups attached to an aromatic ring is 1. The molecule has 0 unspecified atom stereocenters. The van der Waals surface area contributed by atoms with Crippen LogP contribution in [0.2, 0.25) is 0 Å². The Morgan fingerprint density at radius 2 is 1.24 bits per heavy atom. The SMILES string of the molecule is Nc1cc(O)c(N=Nc2cc(S(=O)(=O)O)ccc2S(=O)(=O)O)cc1N=Nc1ccc(S(=O)(=O)CCOS(=O)(=O)O)cc1. The average molecular weight is 666 g/mol. The summed E-state index contributed by atoms with van der Waals surface area (Å²) in [5.41, 5.74) is 4.68. The van der Waals surface area contributed by atoms with Crippen LogP contribution in [0.1, 0.15) is 0 Å². The van der Waals surface area contributed by atoms with E-state index >= 15 is 0 Å². The zero-order chi connectivity index (χ0) is 31.5. The lowest BCUT2D eigenvalue weighted by Crippen LogP contribution is -2.15. The summed E-state index contributed by atoms with van der Waals surface area (Å²) in [7, 11) is -18.5. The average Bonchev–Trinajstić information content (AvgIpc) is 2.85. The van der Waals surface area contributed by atoms with Crippen molar-refractivity contribution in [2.75, 3.05) is 18.1 Å². The van der Waals surface area contributed by atoms with E-state index in [4.69, 9.17) is 10.3 Å². The molecule has 42 heavy (non-hydrogen) atoms. The minimum Gasteiger partial charge on any atom is -0.506 e. The highest BCUT2D eigenvalue weighted by atomic mass is 32.3. The van der Waals surface area contributed by atoms with E-state index in [1.807, 2.05) is 0 Å². The van der Waals surface area contributed by atoms with Crippen molar-refractivity contribution >= 4 is 68.9 Å². The minimum atomic E-state index is -4.91. The zero-order valence-electron chi connectivity index (χ0n) is 20.6. The molecule has 0 saturated heterocycles. The van der Waals surface area contributed by atoms with Gasteiger partial charge in [-0.15, -0.1) is 15.3 Å². The number of sulfone groups is 1. The molecule has 0 bridgehead atoms. The molecule has 0 aliphatic carbocycles. The van der Waals surface area contributed by atoms with Crippen molar-refractivity contribution in [2.45, 2.75) is 14.7 Å². The highest BCUT2D eigenvalue weighted by molar-refractivity contribution is 7.91. The number of phenolic OH excluding ortho intramolecular Hbond substituents is 1. The zero-order valence-corrected chi connectivity index (χ0v) is 23.8. The molecule has 0 saturated carbocycles. The summed E-state index contributed by atoms with van der Waals surface area (Å²) < 4.78 is 123. The Morgan fingerprint density at radius 1 is 0.667 bits per heavy atom. The van der Waals surface area contributed by atoms with Crippen molar-refractivity contribution in [3.63, 3.8) is 0 Å². The fourth-order valence-corrected chi connectivity index (χ4v) is 5.60. The summed E-state index contributed by atoms with van der Waals surface area (Å²) >= 11 is 0. The van der Waals surface area contributed by atoms with E-state index in [1.54, 1.807) is 0 Å². The number of anilines is 1. The van der Waals surface area contributed by atoms with Gasteiger partial charge in [-0.2, -0.15) is 30.4 Å². The van der Waals surface area contributed by atoms with E-state index in [-0.39, 0.29) is 27.6 Å². The van der Waals surface area contributed by atoms with Gasteiger partial charge in [0.05, 0.1) is 33.5 Å². The Morgan fingerprint density at radius 3 is 1.81 bits per heavy atom. The second-order valence-electron chi connectivity index (χ2n) is 7.94. The molecule has 0 heterocycles. The van der Waals surface area contributed by atoms with Crippen LogP contribution in [0.25, 0.3) is 0 Å². The first-order chi connectivity index (χ1) is 19.3. The van der Waals surface area contributed by atoms with Crippen molar-refractivity contribution in [3.8, 4) is 5.75 Å². The van der Waals surface area contributed by atoms with Gasteiger partial charge in [0.15, 0.2) is 9.84 Å². The first-order valence-electron chi connectivity index (χ1n) is 10.8. The Kier molecular flexibility index (Phi) is 9.43. The predicted octanol–water partition coefficient (Wildman–Crippen LogP) is 2.89. The first kappa shape index (κ1) is 32.6. The van der Waals surface area contributed by atoms with Crippen LogP contribution >= 0.6 is 0 Å². The number of nitrogens with two attached hydrogens (primary N) is 1. The summed E-state index contributed by atoms with van der Waals surface area (Å²) in [5, 5.41) is 25.1. The molecular formula is C20H19N5O13S4. The number of hydrogen-bond donors (Lipinski definition) is 5. The fourth-order valence-electron chi connectivity index (χ4n) is 3.01. The molecule has 3 rings (SSSR count). The Bertz CT molecular complexity index is 2010. The summed E-state index contributed by atoms with van der Waals surface area (Å²) in [6.45, 7) is -0.814. The smallest absolute Gasteiger partial charge is 0.397 e. The summed E-state index contributed by atoms with van der Waals surface area (Å²) in [4.78, 5) is -1.83. The topological polar surface area (TPSA) is 302 Å². The van der Waals surface area contributed by atoms with Crippen molar-refractivity contribution in [2.24, 2.45) is 20.5 Å². The van der Waals surface area contributed by atoms with Gasteiger partial charge < -0.3 is 10.8 Å². The third-order valence-corrected chi connectivity index (χ3v) is 8.86. The third kappa shape index (κ3) is 8.80. The number of nitrogens with zero attached hydrogens (tertiary/aromatic N) is 4. The number of azo groups is 2. The van der Waals surface area contributed by atoms with Crippen LogP contribution in [0.15, 0.2) is 89.7 Å². The van der Waals surface area contributed by atoms with E-state index in [1.165, 1.54) is 12.1 Å². The lowest BCUT2D eigenvalue weighted by Gasteiger charge is -2.06. The normalized spacial score (nSPS) is 13.2. The third-order valence-electron chi connectivity index (χ3n) is 4.95. The number of benzene rings is 3. The van der Waals surface area contributed by atoms with Gasteiger partial charge in [0, 0.05) is 6.07 Å². The molecule has 3 aromatic carbocycles. The summed E-state index contributed by atoms with van der Waals surface area (Å²) in [5.74, 6) is -1.32. The van der Waals surface area contributed by atoms with Crippen molar-refractivity contribution in [3.05, 3.63) is 54.6 Å². The Hall–Kier alpha value is -3.90. The van der Waals surface area contributed by atoms with Crippen LogP contribution < -0.4 is 5.73 Å². The minimum absolute atomic E-state index is 0.0949. The van der Waals surface area contributed by atoms with Gasteiger partial charge in [0.2, 0.25) is 0 Å². The van der Waals surface area contributed by atoms with Crippen LogP contribution in [0.4, 0.5) is 28.4 Å². The standard InChI is InChI=1S/C20H19N5O13S4/c21-15-10-19(26)17(24-25-18-9-14(40(29,30)31)5-6-20(18)41(32,33)34)11-16(15)23-22-12-1-3-13(4-2-12)39(27,28)8-7-38-42(35,36)37/h1-6,9-11,26H,7-8,21H2,(H,29,30,31)(H,32,33,34)(H,35,36,37). The number of rotatable bonds is 11. The molecule has 22 heteroatoms. The van der Waals surface area contributed by atoms with Crippen molar-refractivity contribution in [1.82, 2.24) is 0 Å². The molecular weight excluding hydrogens is 647 g/mol. The van der Waals surface area contributed by atoms with Gasteiger partial charge in [-0.05, 0) is 48.5 Å². The van der Waals surface area contributed by atoms with E-state index < -0.39 is 74.1 Å². The molecule has 0 radical (unpaired) electrons. The van der Waals surface area contributed by atoms with E-state index in [9.17, 15) is 47.9 Å². The van der Waals surface area contributed by atoms with Crippen LogP contribution in [-0.2, 0) is 44.7 Å². The highest BCUT2D eigenvalue weighted by Crippen LogP contribution is 2.38. The van der Waals surface area contributed by atoms with E-state index in [0.717, 1.165) is 24.3 Å². The number of phenols is 1. The highest BCUT2D eigenvalue weighted by Gasteiger charge is 2.20. The molecule has 0 fully saturated rings. The van der Waals surface area contributed by atoms with Crippen LogP contribution in [0, 0.1) is 0 Å². The van der Waals surface area contributed by atoms with Crippen molar-refractivity contribution < 1.29 is 56.6 Å². The second kappa shape index (κ2) is 12.1. The molecule has 0 aliphatic rings. The van der Waals surface area contributed by atoms with E-state index in [2.05, 4.69) is 24.6 Å². The number of aromatic hydroxyl groups is 1. The first-order valence-corrected chi connectivity index (χ1v) is 16.7. The monoisotopic (exact) mass is 665 g/mol. The largest absolute Gasteiger partial charge is 0.506 e. The fraction of sp³-hybridized carbons (Fsp3) is 0.100. The van der Waals surface area contributed by atoms with E-state index in [0.29, 0.717) is 18.2 Å². The van der Waals surface area contributed by atoms with Gasteiger partial charge in [0.25, 0.3) is 20.2 Å². The molecule has 18 nitrogen and oxygen atoms in total.